The number of benzene rings is 1. The second kappa shape index (κ2) is 6.67. The summed E-state index contributed by atoms with van der Waals surface area (Å²) in [4.78, 5) is 12.6. The average Bonchev–Trinajstić information content (AvgIpc) is 2.98. The summed E-state index contributed by atoms with van der Waals surface area (Å²) in [5.41, 5.74) is 1.03. The molecule has 0 N–H and O–H groups in total. The molecular formula is C16H13NOS. The fraction of sp³-hybridized carbons (Fsp3) is 0.125. The second-order valence-electron chi connectivity index (χ2n) is 4.11. The molecule has 1 aromatic heterocycles. The van der Waals surface area contributed by atoms with Crippen LogP contribution < -0.4 is 0 Å². The number of nitrogens with zero attached hydrogens (tertiary/aromatic N) is 1. The van der Waals surface area contributed by atoms with Gasteiger partial charge in [0.05, 0.1) is 16.9 Å². The molecule has 3 heteroatoms. The molecule has 0 spiro atoms. The Labute approximate surface area is 116 Å². The van der Waals surface area contributed by atoms with Gasteiger partial charge in [0.1, 0.15) is 0 Å². The van der Waals surface area contributed by atoms with Crippen LogP contribution in [0.5, 0.6) is 0 Å². The Bertz CT molecular complexity index is 593. The molecule has 2 nitrogen and oxygen atoms in total. The molecule has 2 aromatic rings. The number of Topliss-reactive ketones (excluding diaryl/α,β-unsaturated/α-hetero) is 1. The Morgan fingerprint density at radius 1 is 1.26 bits per heavy atom. The number of allylic oxidation sites excluding steroid dienone is 1. The van der Waals surface area contributed by atoms with Gasteiger partial charge in [0.25, 0.3) is 0 Å². The highest BCUT2D eigenvalue weighted by atomic mass is 32.1. The molecule has 0 radical (unpaired) electrons. The van der Waals surface area contributed by atoms with Crippen LogP contribution in [0, 0.1) is 17.2 Å². The van der Waals surface area contributed by atoms with Crippen molar-refractivity contribution in [1.29, 1.82) is 5.26 Å². The molecule has 0 aliphatic rings. The van der Waals surface area contributed by atoms with Crippen molar-refractivity contribution >= 4 is 23.2 Å². The number of carbonyl (C=O) groups excluding carboxylic acids is 1. The maximum atomic E-state index is 11.9. The van der Waals surface area contributed by atoms with Crippen LogP contribution in [0.3, 0.4) is 0 Å². The first kappa shape index (κ1) is 13.3. The number of hydrogen-bond acceptors (Lipinski definition) is 3. The summed E-state index contributed by atoms with van der Waals surface area (Å²) in [7, 11) is 0. The average molecular weight is 267 g/mol. The van der Waals surface area contributed by atoms with Gasteiger partial charge in [-0.25, -0.2) is 0 Å². The second-order valence-corrected chi connectivity index (χ2v) is 5.06. The molecule has 0 aliphatic carbocycles. The minimum absolute atomic E-state index is 0.0271. The fourth-order valence-electron chi connectivity index (χ4n) is 1.69. The van der Waals surface area contributed by atoms with Gasteiger partial charge >= 0.3 is 0 Å². The van der Waals surface area contributed by atoms with Crippen LogP contribution >= 0.6 is 11.3 Å². The van der Waals surface area contributed by atoms with Gasteiger partial charge in [-0.3, -0.25) is 4.79 Å². The Kier molecular flexibility index (Phi) is 4.66. The lowest BCUT2D eigenvalue weighted by molar-refractivity contribution is 0.0980. The van der Waals surface area contributed by atoms with Crippen LogP contribution in [0.2, 0.25) is 0 Å². The van der Waals surface area contributed by atoms with Crippen LogP contribution in [0.4, 0.5) is 0 Å². The summed E-state index contributed by atoms with van der Waals surface area (Å²) in [5.74, 6) is -0.353. The third-order valence-electron chi connectivity index (χ3n) is 2.69. The van der Waals surface area contributed by atoms with E-state index in [2.05, 4.69) is 6.07 Å². The predicted octanol–water partition coefficient (Wildman–Crippen LogP) is 4.17. The van der Waals surface area contributed by atoms with Gasteiger partial charge in [0.2, 0.25) is 0 Å². The molecule has 19 heavy (non-hydrogen) atoms. The van der Waals surface area contributed by atoms with Gasteiger partial charge < -0.3 is 0 Å². The van der Waals surface area contributed by atoms with Crippen LogP contribution in [-0.4, -0.2) is 5.78 Å². The highest BCUT2D eigenvalue weighted by molar-refractivity contribution is 7.12. The van der Waals surface area contributed by atoms with Crippen molar-refractivity contribution in [3.05, 3.63) is 64.4 Å². The molecule has 1 unspecified atom stereocenters. The van der Waals surface area contributed by atoms with E-state index in [-0.39, 0.29) is 18.1 Å². The van der Waals surface area contributed by atoms with Crippen molar-refractivity contribution in [3.8, 4) is 6.07 Å². The molecule has 1 heterocycles. The van der Waals surface area contributed by atoms with Crippen molar-refractivity contribution in [2.75, 3.05) is 0 Å². The Morgan fingerprint density at radius 3 is 2.68 bits per heavy atom. The van der Waals surface area contributed by atoms with Crippen LogP contribution in [-0.2, 0) is 0 Å². The number of rotatable bonds is 5. The van der Waals surface area contributed by atoms with E-state index >= 15 is 0 Å². The van der Waals surface area contributed by atoms with E-state index in [1.165, 1.54) is 11.3 Å². The van der Waals surface area contributed by atoms with Gasteiger partial charge in [-0.05, 0) is 17.0 Å². The molecule has 0 amide bonds. The number of carbonyl (C=O) groups is 1. The normalized spacial score (nSPS) is 12.2. The highest BCUT2D eigenvalue weighted by Crippen LogP contribution is 2.16. The summed E-state index contributed by atoms with van der Waals surface area (Å²) in [6.45, 7) is 0. The minimum Gasteiger partial charge on any atom is -0.293 e. The largest absolute Gasteiger partial charge is 0.293 e. The maximum Gasteiger partial charge on any atom is 0.174 e. The van der Waals surface area contributed by atoms with E-state index < -0.39 is 0 Å². The van der Waals surface area contributed by atoms with E-state index in [0.717, 1.165) is 5.56 Å². The number of hydrogen-bond donors (Lipinski definition) is 0. The fourth-order valence-corrected chi connectivity index (χ4v) is 2.36. The number of nitriles is 1. The summed E-state index contributed by atoms with van der Waals surface area (Å²) in [5, 5.41) is 11.0. The van der Waals surface area contributed by atoms with Crippen LogP contribution in [0.25, 0.3) is 6.08 Å². The van der Waals surface area contributed by atoms with Crippen molar-refractivity contribution in [1.82, 2.24) is 0 Å². The van der Waals surface area contributed by atoms with Gasteiger partial charge in [-0.15, -0.1) is 11.3 Å². The van der Waals surface area contributed by atoms with Crippen molar-refractivity contribution in [3.63, 3.8) is 0 Å². The molecule has 0 saturated carbocycles. The third-order valence-corrected chi connectivity index (χ3v) is 3.60. The van der Waals surface area contributed by atoms with E-state index in [9.17, 15) is 4.79 Å². The first-order valence-electron chi connectivity index (χ1n) is 5.99. The lowest BCUT2D eigenvalue weighted by Crippen LogP contribution is -2.03. The Morgan fingerprint density at radius 2 is 2.05 bits per heavy atom. The molecule has 1 atom stereocenters. The van der Waals surface area contributed by atoms with Gasteiger partial charge in [-0.1, -0.05) is 48.6 Å². The molecule has 0 aliphatic heterocycles. The Hall–Kier alpha value is -2.18. The predicted molar refractivity (Wildman–Crippen MR) is 77.8 cm³/mol. The number of ketones is 1. The van der Waals surface area contributed by atoms with Crippen LogP contribution in [0.1, 0.15) is 21.7 Å². The van der Waals surface area contributed by atoms with E-state index in [1.807, 2.05) is 47.9 Å². The molecule has 2 rings (SSSR count). The first-order chi connectivity index (χ1) is 9.29. The van der Waals surface area contributed by atoms with Crippen molar-refractivity contribution < 1.29 is 4.79 Å². The zero-order chi connectivity index (χ0) is 13.5. The first-order valence-corrected chi connectivity index (χ1v) is 6.87. The zero-order valence-corrected chi connectivity index (χ0v) is 11.1. The summed E-state index contributed by atoms with van der Waals surface area (Å²) in [6.07, 6.45) is 3.91. The summed E-state index contributed by atoms with van der Waals surface area (Å²) in [6, 6.07) is 15.6. The molecule has 0 bridgehead atoms. The monoisotopic (exact) mass is 267 g/mol. The summed E-state index contributed by atoms with van der Waals surface area (Å²) < 4.78 is 0. The standard InChI is InChI=1S/C16H13NOS/c17-12-14(9-8-13-5-2-1-3-6-13)11-15(18)16-7-4-10-19-16/h1-10,14H,11H2/b9-8+. The molecule has 1 aromatic carbocycles. The van der Waals surface area contributed by atoms with Crippen molar-refractivity contribution in [2.24, 2.45) is 5.92 Å². The summed E-state index contributed by atoms with van der Waals surface area (Å²) >= 11 is 1.41. The van der Waals surface area contributed by atoms with E-state index in [1.54, 1.807) is 12.1 Å². The lowest BCUT2D eigenvalue weighted by atomic mass is 10.0. The molecule has 0 fully saturated rings. The van der Waals surface area contributed by atoms with E-state index in [4.69, 9.17) is 5.26 Å². The lowest BCUT2D eigenvalue weighted by Gasteiger charge is -2.01. The topological polar surface area (TPSA) is 40.9 Å². The molecule has 0 saturated heterocycles. The van der Waals surface area contributed by atoms with Crippen LogP contribution in [0.15, 0.2) is 53.9 Å². The Balaban J connectivity index is 2.00. The highest BCUT2D eigenvalue weighted by Gasteiger charge is 2.12. The molecular weight excluding hydrogens is 254 g/mol. The quantitative estimate of drug-likeness (QED) is 0.763. The van der Waals surface area contributed by atoms with Gasteiger partial charge in [-0.2, -0.15) is 5.26 Å². The smallest absolute Gasteiger partial charge is 0.174 e. The SMILES string of the molecule is N#CC(/C=C/c1ccccc1)CC(=O)c1cccs1. The van der Waals surface area contributed by atoms with E-state index in [0.29, 0.717) is 4.88 Å². The van der Waals surface area contributed by atoms with Gasteiger partial charge in [0, 0.05) is 6.42 Å². The maximum absolute atomic E-state index is 11.9. The number of thiophene rings is 1. The molecule has 94 valence electrons. The van der Waals surface area contributed by atoms with Crippen molar-refractivity contribution in [2.45, 2.75) is 6.42 Å². The van der Waals surface area contributed by atoms with Gasteiger partial charge in [0.15, 0.2) is 5.78 Å². The minimum atomic E-state index is -0.380. The zero-order valence-electron chi connectivity index (χ0n) is 10.3. The third kappa shape index (κ3) is 3.90.